The molecule has 0 radical (unpaired) electrons. The third kappa shape index (κ3) is 1.60. The van der Waals surface area contributed by atoms with Gasteiger partial charge in [-0.25, -0.2) is 9.97 Å². The highest BCUT2D eigenvalue weighted by atomic mass is 14.8. The highest BCUT2D eigenvalue weighted by molar-refractivity contribution is 5.64. The first-order chi connectivity index (χ1) is 6.92. The van der Waals surface area contributed by atoms with E-state index in [1.54, 1.807) is 24.8 Å². The SMILES string of the molecule is NCc1cnccc1-c1cncnc1. The Labute approximate surface area is 81.9 Å². The number of hydrogen-bond acceptors (Lipinski definition) is 4. The fourth-order valence-corrected chi connectivity index (χ4v) is 1.31. The summed E-state index contributed by atoms with van der Waals surface area (Å²) in [5.41, 5.74) is 8.62. The van der Waals surface area contributed by atoms with Crippen LogP contribution in [0.5, 0.6) is 0 Å². The summed E-state index contributed by atoms with van der Waals surface area (Å²) in [6, 6.07) is 1.92. The average Bonchev–Trinajstić information content (AvgIpc) is 2.30. The second kappa shape index (κ2) is 3.93. The summed E-state index contributed by atoms with van der Waals surface area (Å²) in [5.74, 6) is 0. The van der Waals surface area contributed by atoms with Crippen LogP contribution in [0.25, 0.3) is 11.1 Å². The Hall–Kier alpha value is -1.81. The molecule has 4 heteroatoms. The van der Waals surface area contributed by atoms with E-state index in [4.69, 9.17) is 5.73 Å². The third-order valence-corrected chi connectivity index (χ3v) is 2.00. The lowest BCUT2D eigenvalue weighted by Crippen LogP contribution is -1.99. The van der Waals surface area contributed by atoms with Gasteiger partial charge in [0.25, 0.3) is 0 Å². The summed E-state index contributed by atoms with van der Waals surface area (Å²) >= 11 is 0. The van der Waals surface area contributed by atoms with E-state index >= 15 is 0 Å². The first-order valence-corrected chi connectivity index (χ1v) is 4.30. The van der Waals surface area contributed by atoms with Crippen LogP contribution in [0, 0.1) is 0 Å². The molecule has 0 aliphatic rings. The summed E-state index contributed by atoms with van der Waals surface area (Å²) in [7, 11) is 0. The number of nitrogens with two attached hydrogens (primary N) is 1. The third-order valence-electron chi connectivity index (χ3n) is 2.00. The number of hydrogen-bond donors (Lipinski definition) is 1. The predicted octanol–water partition coefficient (Wildman–Crippen LogP) is 0.997. The van der Waals surface area contributed by atoms with Gasteiger partial charge in [-0.15, -0.1) is 0 Å². The van der Waals surface area contributed by atoms with E-state index in [0.717, 1.165) is 16.7 Å². The van der Waals surface area contributed by atoms with Crippen molar-refractivity contribution in [2.24, 2.45) is 5.73 Å². The molecule has 0 spiro atoms. The molecule has 0 aliphatic heterocycles. The van der Waals surface area contributed by atoms with Crippen molar-refractivity contribution in [2.45, 2.75) is 6.54 Å². The maximum Gasteiger partial charge on any atom is 0.115 e. The topological polar surface area (TPSA) is 64.7 Å². The van der Waals surface area contributed by atoms with Crippen LogP contribution in [-0.4, -0.2) is 15.0 Å². The van der Waals surface area contributed by atoms with Crippen LogP contribution < -0.4 is 5.73 Å². The zero-order valence-electron chi connectivity index (χ0n) is 7.59. The van der Waals surface area contributed by atoms with Crippen molar-refractivity contribution < 1.29 is 0 Å². The van der Waals surface area contributed by atoms with Gasteiger partial charge in [-0.3, -0.25) is 4.98 Å². The molecule has 0 fully saturated rings. The van der Waals surface area contributed by atoms with Gasteiger partial charge in [0.2, 0.25) is 0 Å². The van der Waals surface area contributed by atoms with Crippen LogP contribution in [0.4, 0.5) is 0 Å². The number of rotatable bonds is 2. The van der Waals surface area contributed by atoms with Gasteiger partial charge >= 0.3 is 0 Å². The Morgan fingerprint density at radius 3 is 2.57 bits per heavy atom. The van der Waals surface area contributed by atoms with Crippen molar-refractivity contribution in [3.05, 3.63) is 42.7 Å². The molecule has 14 heavy (non-hydrogen) atoms. The van der Waals surface area contributed by atoms with Gasteiger partial charge in [-0.2, -0.15) is 0 Å². The quantitative estimate of drug-likeness (QED) is 0.759. The first-order valence-electron chi connectivity index (χ1n) is 4.30. The molecule has 0 saturated carbocycles. The fourth-order valence-electron chi connectivity index (χ4n) is 1.31. The van der Waals surface area contributed by atoms with Crippen molar-refractivity contribution in [1.82, 2.24) is 15.0 Å². The van der Waals surface area contributed by atoms with E-state index in [2.05, 4.69) is 15.0 Å². The molecule has 2 aromatic heterocycles. The van der Waals surface area contributed by atoms with E-state index in [-0.39, 0.29) is 0 Å². The van der Waals surface area contributed by atoms with Gasteiger partial charge in [-0.1, -0.05) is 0 Å². The van der Waals surface area contributed by atoms with Crippen LogP contribution in [0.15, 0.2) is 37.2 Å². The van der Waals surface area contributed by atoms with Crippen LogP contribution in [0.3, 0.4) is 0 Å². The number of pyridine rings is 1. The molecule has 0 unspecified atom stereocenters. The van der Waals surface area contributed by atoms with E-state index in [9.17, 15) is 0 Å². The molecule has 2 heterocycles. The maximum absolute atomic E-state index is 5.61. The molecule has 70 valence electrons. The lowest BCUT2D eigenvalue weighted by molar-refractivity contribution is 1.05. The van der Waals surface area contributed by atoms with E-state index in [0.29, 0.717) is 6.54 Å². The molecule has 0 amide bonds. The van der Waals surface area contributed by atoms with Crippen LogP contribution >= 0.6 is 0 Å². The molecule has 0 bridgehead atoms. The van der Waals surface area contributed by atoms with Crippen LogP contribution in [-0.2, 0) is 6.54 Å². The van der Waals surface area contributed by atoms with Crippen molar-refractivity contribution >= 4 is 0 Å². The normalized spacial score (nSPS) is 10.1. The molecular weight excluding hydrogens is 176 g/mol. The molecule has 2 rings (SSSR count). The van der Waals surface area contributed by atoms with Crippen LogP contribution in [0.1, 0.15) is 5.56 Å². The Bertz CT molecular complexity index is 413. The molecule has 2 aromatic rings. The fraction of sp³-hybridized carbons (Fsp3) is 0.100. The van der Waals surface area contributed by atoms with E-state index in [1.165, 1.54) is 6.33 Å². The smallest absolute Gasteiger partial charge is 0.115 e. The van der Waals surface area contributed by atoms with Gasteiger partial charge in [-0.05, 0) is 17.2 Å². The lowest BCUT2D eigenvalue weighted by atomic mass is 10.1. The highest BCUT2D eigenvalue weighted by Gasteiger charge is 2.02. The van der Waals surface area contributed by atoms with Gasteiger partial charge < -0.3 is 5.73 Å². The number of aromatic nitrogens is 3. The summed E-state index contributed by atoms with van der Waals surface area (Å²) in [6.45, 7) is 0.470. The van der Waals surface area contributed by atoms with Gasteiger partial charge in [0.15, 0.2) is 0 Å². The van der Waals surface area contributed by atoms with Gasteiger partial charge in [0.1, 0.15) is 6.33 Å². The summed E-state index contributed by atoms with van der Waals surface area (Å²) in [6.07, 6.45) is 8.54. The van der Waals surface area contributed by atoms with E-state index < -0.39 is 0 Å². The predicted molar refractivity (Wildman–Crippen MR) is 53.2 cm³/mol. The second-order valence-corrected chi connectivity index (χ2v) is 2.86. The van der Waals surface area contributed by atoms with E-state index in [1.807, 2.05) is 6.07 Å². The second-order valence-electron chi connectivity index (χ2n) is 2.86. The molecule has 2 N–H and O–H groups in total. The van der Waals surface area contributed by atoms with Crippen LogP contribution in [0.2, 0.25) is 0 Å². The maximum atomic E-state index is 5.61. The Morgan fingerprint density at radius 2 is 1.86 bits per heavy atom. The van der Waals surface area contributed by atoms with Gasteiger partial charge in [0.05, 0.1) is 0 Å². The van der Waals surface area contributed by atoms with Gasteiger partial charge in [0, 0.05) is 36.9 Å². The lowest BCUT2D eigenvalue weighted by Gasteiger charge is -2.05. The largest absolute Gasteiger partial charge is 0.326 e. The molecule has 0 atom stereocenters. The monoisotopic (exact) mass is 186 g/mol. The zero-order valence-corrected chi connectivity index (χ0v) is 7.59. The van der Waals surface area contributed by atoms with Crippen molar-refractivity contribution in [3.63, 3.8) is 0 Å². The minimum absolute atomic E-state index is 0.470. The minimum atomic E-state index is 0.470. The number of nitrogens with zero attached hydrogens (tertiary/aromatic N) is 3. The average molecular weight is 186 g/mol. The van der Waals surface area contributed by atoms with Crippen molar-refractivity contribution in [2.75, 3.05) is 0 Å². The summed E-state index contributed by atoms with van der Waals surface area (Å²) in [4.78, 5) is 11.9. The summed E-state index contributed by atoms with van der Waals surface area (Å²) in [5, 5.41) is 0. The molecule has 0 aromatic carbocycles. The Morgan fingerprint density at radius 1 is 1.07 bits per heavy atom. The molecule has 4 nitrogen and oxygen atoms in total. The standard InChI is InChI=1S/C10H10N4/c11-3-8-4-12-2-1-10(8)9-5-13-7-14-6-9/h1-2,4-7H,3,11H2. The highest BCUT2D eigenvalue weighted by Crippen LogP contribution is 2.20. The Kier molecular flexibility index (Phi) is 2.46. The van der Waals surface area contributed by atoms with Crippen molar-refractivity contribution in [3.8, 4) is 11.1 Å². The van der Waals surface area contributed by atoms with Crippen molar-refractivity contribution in [1.29, 1.82) is 0 Å². The first kappa shape index (κ1) is 8.77. The minimum Gasteiger partial charge on any atom is -0.326 e. The zero-order chi connectivity index (χ0) is 9.80. The summed E-state index contributed by atoms with van der Waals surface area (Å²) < 4.78 is 0. The Balaban J connectivity index is 2.51. The molecule has 0 saturated heterocycles. The molecular formula is C10H10N4. The molecule has 0 aliphatic carbocycles.